The lowest BCUT2D eigenvalue weighted by molar-refractivity contribution is 0.0946. The zero-order valence-electron chi connectivity index (χ0n) is 12.2. The number of aromatic nitrogens is 2. The number of amides is 1. The van der Waals surface area contributed by atoms with Crippen molar-refractivity contribution in [1.29, 1.82) is 0 Å². The Labute approximate surface area is 123 Å². The standard InChI is InChI=1S/C15H20N4O2/c1-3-10(2)13(16)15-19-12(9-21-15)14(20)18-8-11-5-4-6-17-7-11/h4-7,9-10,13H,3,8,16H2,1-2H3,(H,18,20). The van der Waals surface area contributed by atoms with Crippen LogP contribution in [-0.2, 0) is 6.54 Å². The summed E-state index contributed by atoms with van der Waals surface area (Å²) < 4.78 is 5.31. The van der Waals surface area contributed by atoms with Crippen molar-refractivity contribution < 1.29 is 9.21 Å². The van der Waals surface area contributed by atoms with Crippen LogP contribution in [-0.4, -0.2) is 15.9 Å². The van der Waals surface area contributed by atoms with Crippen molar-refractivity contribution in [2.24, 2.45) is 11.7 Å². The van der Waals surface area contributed by atoms with Crippen LogP contribution in [0.3, 0.4) is 0 Å². The largest absolute Gasteiger partial charge is 0.446 e. The molecule has 6 nitrogen and oxygen atoms in total. The summed E-state index contributed by atoms with van der Waals surface area (Å²) in [4.78, 5) is 20.2. The van der Waals surface area contributed by atoms with Crippen molar-refractivity contribution in [3.8, 4) is 0 Å². The quantitative estimate of drug-likeness (QED) is 0.848. The minimum absolute atomic E-state index is 0.243. The van der Waals surface area contributed by atoms with E-state index < -0.39 is 0 Å². The SMILES string of the molecule is CCC(C)C(N)c1nc(C(=O)NCc2cccnc2)co1. The predicted molar refractivity (Wildman–Crippen MR) is 78.3 cm³/mol. The third-order valence-electron chi connectivity index (χ3n) is 3.47. The highest BCUT2D eigenvalue weighted by atomic mass is 16.3. The summed E-state index contributed by atoms with van der Waals surface area (Å²) in [6, 6.07) is 3.41. The fraction of sp³-hybridized carbons (Fsp3) is 0.400. The first-order valence-electron chi connectivity index (χ1n) is 7.00. The molecule has 112 valence electrons. The van der Waals surface area contributed by atoms with Crippen LogP contribution in [0, 0.1) is 5.92 Å². The molecule has 2 unspecified atom stereocenters. The van der Waals surface area contributed by atoms with Gasteiger partial charge in [0.2, 0.25) is 5.89 Å². The van der Waals surface area contributed by atoms with Crippen molar-refractivity contribution in [3.05, 3.63) is 47.9 Å². The van der Waals surface area contributed by atoms with Gasteiger partial charge >= 0.3 is 0 Å². The molecule has 0 saturated heterocycles. The third kappa shape index (κ3) is 3.88. The van der Waals surface area contributed by atoms with Crippen LogP contribution >= 0.6 is 0 Å². The van der Waals surface area contributed by atoms with Gasteiger partial charge in [-0.2, -0.15) is 0 Å². The highest BCUT2D eigenvalue weighted by Gasteiger charge is 2.20. The monoisotopic (exact) mass is 288 g/mol. The van der Waals surface area contributed by atoms with E-state index in [1.807, 2.05) is 19.1 Å². The van der Waals surface area contributed by atoms with Crippen molar-refractivity contribution in [3.63, 3.8) is 0 Å². The minimum Gasteiger partial charge on any atom is -0.446 e. The molecule has 0 aliphatic rings. The van der Waals surface area contributed by atoms with Gasteiger partial charge in [0, 0.05) is 18.9 Å². The van der Waals surface area contributed by atoms with E-state index in [-0.39, 0.29) is 23.6 Å². The van der Waals surface area contributed by atoms with Gasteiger partial charge in [0.05, 0.1) is 6.04 Å². The Morgan fingerprint density at radius 2 is 2.33 bits per heavy atom. The molecule has 3 N–H and O–H groups in total. The molecular formula is C15H20N4O2. The van der Waals surface area contributed by atoms with E-state index in [0.717, 1.165) is 12.0 Å². The Kier molecular flexibility index (Phi) is 5.05. The van der Waals surface area contributed by atoms with E-state index in [1.54, 1.807) is 12.4 Å². The smallest absolute Gasteiger partial charge is 0.273 e. The first kappa shape index (κ1) is 15.2. The van der Waals surface area contributed by atoms with Crippen LogP contribution in [0.2, 0.25) is 0 Å². The van der Waals surface area contributed by atoms with Crippen molar-refractivity contribution in [1.82, 2.24) is 15.3 Å². The molecule has 2 heterocycles. The fourth-order valence-corrected chi connectivity index (χ4v) is 1.82. The van der Waals surface area contributed by atoms with Crippen LogP contribution in [0.15, 0.2) is 35.2 Å². The topological polar surface area (TPSA) is 94.0 Å². The minimum atomic E-state index is -0.296. The van der Waals surface area contributed by atoms with Crippen LogP contribution < -0.4 is 11.1 Å². The molecule has 0 aromatic carbocycles. The second-order valence-corrected chi connectivity index (χ2v) is 5.03. The molecule has 0 bridgehead atoms. The number of nitrogens with one attached hydrogen (secondary N) is 1. The summed E-state index contributed by atoms with van der Waals surface area (Å²) in [5.74, 6) is 0.357. The van der Waals surface area contributed by atoms with E-state index >= 15 is 0 Å². The van der Waals surface area contributed by atoms with Crippen molar-refractivity contribution >= 4 is 5.91 Å². The average molecular weight is 288 g/mol. The normalized spacial score (nSPS) is 13.7. The number of nitrogens with zero attached hydrogens (tertiary/aromatic N) is 2. The van der Waals surface area contributed by atoms with Crippen LogP contribution in [0.25, 0.3) is 0 Å². The van der Waals surface area contributed by atoms with Crippen LogP contribution in [0.1, 0.15) is 48.3 Å². The van der Waals surface area contributed by atoms with E-state index in [0.29, 0.717) is 12.4 Å². The lowest BCUT2D eigenvalue weighted by atomic mass is 10.0. The number of carbonyl (C=O) groups is 1. The molecule has 2 aromatic heterocycles. The van der Waals surface area contributed by atoms with Crippen molar-refractivity contribution in [2.75, 3.05) is 0 Å². The van der Waals surface area contributed by atoms with E-state index in [1.165, 1.54) is 6.26 Å². The van der Waals surface area contributed by atoms with Crippen LogP contribution in [0.5, 0.6) is 0 Å². The molecule has 2 aromatic rings. The molecule has 2 atom stereocenters. The second kappa shape index (κ2) is 6.99. The number of pyridine rings is 1. The lowest BCUT2D eigenvalue weighted by Crippen LogP contribution is -2.24. The number of oxazole rings is 1. The van der Waals surface area contributed by atoms with Gasteiger partial charge in [0.1, 0.15) is 6.26 Å². The van der Waals surface area contributed by atoms with Gasteiger partial charge in [-0.05, 0) is 17.5 Å². The zero-order valence-corrected chi connectivity index (χ0v) is 12.2. The number of nitrogens with two attached hydrogens (primary N) is 1. The molecule has 1 amide bonds. The first-order chi connectivity index (χ1) is 10.1. The molecular weight excluding hydrogens is 268 g/mol. The average Bonchev–Trinajstić information content (AvgIpc) is 3.02. The predicted octanol–water partition coefficient (Wildman–Crippen LogP) is 2.05. The molecule has 0 spiro atoms. The number of hydrogen-bond acceptors (Lipinski definition) is 5. The van der Waals surface area contributed by atoms with Gasteiger partial charge in [-0.25, -0.2) is 4.98 Å². The highest BCUT2D eigenvalue weighted by Crippen LogP contribution is 2.21. The summed E-state index contributed by atoms with van der Waals surface area (Å²) in [5, 5.41) is 2.77. The highest BCUT2D eigenvalue weighted by molar-refractivity contribution is 5.91. The Hall–Kier alpha value is -2.21. The van der Waals surface area contributed by atoms with Gasteiger partial charge < -0.3 is 15.5 Å². The molecule has 2 rings (SSSR count). The molecule has 6 heteroatoms. The molecule has 0 aliphatic carbocycles. The van der Waals surface area contributed by atoms with E-state index in [2.05, 4.69) is 22.2 Å². The second-order valence-electron chi connectivity index (χ2n) is 5.03. The van der Waals surface area contributed by atoms with Gasteiger partial charge in [-0.1, -0.05) is 26.3 Å². The Morgan fingerprint density at radius 1 is 1.52 bits per heavy atom. The summed E-state index contributed by atoms with van der Waals surface area (Å²) >= 11 is 0. The van der Waals surface area contributed by atoms with Gasteiger partial charge in [0.25, 0.3) is 5.91 Å². The maximum absolute atomic E-state index is 12.0. The maximum Gasteiger partial charge on any atom is 0.273 e. The lowest BCUT2D eigenvalue weighted by Gasteiger charge is -2.13. The Bertz CT molecular complexity index is 582. The number of rotatable bonds is 6. The molecule has 21 heavy (non-hydrogen) atoms. The van der Waals surface area contributed by atoms with Gasteiger partial charge in [0.15, 0.2) is 5.69 Å². The van der Waals surface area contributed by atoms with E-state index in [9.17, 15) is 4.79 Å². The Balaban J connectivity index is 1.96. The molecule has 0 fully saturated rings. The van der Waals surface area contributed by atoms with Crippen molar-refractivity contribution in [2.45, 2.75) is 32.9 Å². The molecule has 0 radical (unpaired) electrons. The van der Waals surface area contributed by atoms with Gasteiger partial charge in [-0.15, -0.1) is 0 Å². The van der Waals surface area contributed by atoms with Crippen LogP contribution in [0.4, 0.5) is 0 Å². The Morgan fingerprint density at radius 3 is 3.00 bits per heavy atom. The summed E-state index contributed by atoms with van der Waals surface area (Å²) in [6.45, 7) is 4.47. The van der Waals surface area contributed by atoms with Gasteiger partial charge in [-0.3, -0.25) is 9.78 Å². The third-order valence-corrected chi connectivity index (χ3v) is 3.47. The first-order valence-corrected chi connectivity index (χ1v) is 7.00. The fourth-order valence-electron chi connectivity index (χ4n) is 1.82. The molecule has 0 aliphatic heterocycles. The number of hydrogen-bond donors (Lipinski definition) is 2. The number of carbonyl (C=O) groups excluding carboxylic acids is 1. The summed E-state index contributed by atoms with van der Waals surface area (Å²) in [7, 11) is 0. The zero-order chi connectivity index (χ0) is 15.2. The maximum atomic E-state index is 12.0. The van der Waals surface area contributed by atoms with E-state index in [4.69, 9.17) is 10.2 Å². The summed E-state index contributed by atoms with van der Waals surface area (Å²) in [6.07, 6.45) is 5.65. The molecule has 0 saturated carbocycles. The summed E-state index contributed by atoms with van der Waals surface area (Å²) in [5.41, 5.74) is 7.20.